The van der Waals surface area contributed by atoms with Gasteiger partial charge in [0.2, 0.25) is 0 Å². The average Bonchev–Trinajstić information content (AvgIpc) is 2.52. The maximum absolute atomic E-state index is 12.5. The Morgan fingerprint density at radius 3 is 2.54 bits per heavy atom. The normalized spacial score (nSPS) is 17.2. The Bertz CT molecular complexity index is 841. The van der Waals surface area contributed by atoms with Crippen LogP contribution in [0.4, 0.5) is 5.69 Å². The number of nitrogens with one attached hydrogen (secondary N) is 1. The molecular weight excluding hydrogens is 342 g/mol. The number of benzene rings is 1. The van der Waals surface area contributed by atoms with Crippen molar-refractivity contribution in [3.63, 3.8) is 0 Å². The second-order valence-electron chi connectivity index (χ2n) is 6.04. The molecule has 0 aliphatic carbocycles. The minimum Gasteiger partial charge on any atom is -0.478 e. The maximum Gasteiger partial charge on any atom is 0.338 e. The third-order valence-corrected chi connectivity index (χ3v) is 3.80. The molecule has 1 aliphatic rings. The summed E-state index contributed by atoms with van der Waals surface area (Å²) >= 11 is 0. The Kier molecular flexibility index (Phi) is 5.30. The first-order valence-electron chi connectivity index (χ1n) is 7.79. The van der Waals surface area contributed by atoms with Crippen molar-refractivity contribution in [1.29, 1.82) is 0 Å². The summed E-state index contributed by atoms with van der Waals surface area (Å²) in [4.78, 5) is 34.8. The number of carbonyl (C=O) groups excluding carboxylic acids is 1. The average molecular weight is 361 g/mol. The van der Waals surface area contributed by atoms with Crippen molar-refractivity contribution < 1.29 is 24.4 Å². The van der Waals surface area contributed by atoms with Crippen LogP contribution < -0.4 is 11.1 Å². The highest BCUT2D eigenvalue weighted by molar-refractivity contribution is 5.99. The zero-order valence-corrected chi connectivity index (χ0v) is 14.5. The van der Waals surface area contributed by atoms with Gasteiger partial charge in [-0.15, -0.1) is 0 Å². The highest BCUT2D eigenvalue weighted by Crippen LogP contribution is 2.38. The molecule has 9 nitrogen and oxygen atoms in total. The van der Waals surface area contributed by atoms with Crippen LogP contribution in [0.25, 0.3) is 0 Å². The van der Waals surface area contributed by atoms with Gasteiger partial charge >= 0.3 is 11.9 Å². The Morgan fingerprint density at radius 2 is 2.00 bits per heavy atom. The van der Waals surface area contributed by atoms with Crippen LogP contribution in [0, 0.1) is 10.1 Å². The minimum absolute atomic E-state index is 0.0466. The molecule has 138 valence electrons. The number of hydrogen-bond donors (Lipinski definition) is 3. The fraction of sp³-hybridized carbons (Fsp3) is 0.294. The smallest absolute Gasteiger partial charge is 0.338 e. The molecular formula is C17H19N3O6. The molecule has 1 heterocycles. The topological polar surface area (TPSA) is 145 Å². The molecule has 0 radical (unpaired) electrons. The monoisotopic (exact) mass is 361 g/mol. The number of allylic oxidation sites excluding steroid dienone is 1. The summed E-state index contributed by atoms with van der Waals surface area (Å²) < 4.78 is 5.19. The van der Waals surface area contributed by atoms with E-state index < -0.39 is 28.9 Å². The fourth-order valence-electron chi connectivity index (χ4n) is 2.79. The number of rotatable bonds is 5. The van der Waals surface area contributed by atoms with Crippen LogP contribution in [0.5, 0.6) is 0 Å². The second kappa shape index (κ2) is 7.26. The molecule has 26 heavy (non-hydrogen) atoms. The van der Waals surface area contributed by atoms with Crippen molar-refractivity contribution in [2.24, 2.45) is 5.73 Å². The molecule has 0 saturated heterocycles. The van der Waals surface area contributed by atoms with E-state index in [0.717, 1.165) is 0 Å². The molecule has 0 amide bonds. The molecule has 1 aromatic rings. The van der Waals surface area contributed by atoms with Crippen molar-refractivity contribution in [2.45, 2.75) is 32.8 Å². The van der Waals surface area contributed by atoms with Crippen molar-refractivity contribution in [3.8, 4) is 0 Å². The van der Waals surface area contributed by atoms with E-state index in [4.69, 9.17) is 10.5 Å². The van der Waals surface area contributed by atoms with Crippen molar-refractivity contribution in [1.82, 2.24) is 5.32 Å². The molecule has 0 bridgehead atoms. The Hall–Kier alpha value is -3.36. The lowest BCUT2D eigenvalue weighted by molar-refractivity contribution is -0.384. The van der Waals surface area contributed by atoms with E-state index in [2.05, 4.69) is 5.32 Å². The van der Waals surface area contributed by atoms with E-state index in [-0.39, 0.29) is 33.9 Å². The van der Waals surface area contributed by atoms with Crippen molar-refractivity contribution >= 4 is 17.6 Å². The number of nitrogens with zero attached hydrogens (tertiary/aromatic N) is 1. The summed E-state index contributed by atoms with van der Waals surface area (Å²) in [5, 5.41) is 23.4. The fourth-order valence-corrected chi connectivity index (χ4v) is 2.79. The van der Waals surface area contributed by atoms with Gasteiger partial charge in [-0.3, -0.25) is 10.1 Å². The number of nitro groups is 1. The van der Waals surface area contributed by atoms with E-state index in [1.54, 1.807) is 13.8 Å². The second-order valence-corrected chi connectivity index (χ2v) is 6.04. The predicted molar refractivity (Wildman–Crippen MR) is 91.8 cm³/mol. The number of nitrogens with two attached hydrogens (primary N) is 1. The van der Waals surface area contributed by atoms with E-state index in [0.29, 0.717) is 0 Å². The molecule has 0 aromatic heterocycles. The van der Waals surface area contributed by atoms with E-state index in [1.165, 1.54) is 31.2 Å². The lowest BCUT2D eigenvalue weighted by Crippen LogP contribution is -2.36. The molecule has 1 atom stereocenters. The van der Waals surface area contributed by atoms with Crippen LogP contribution in [0.1, 0.15) is 32.3 Å². The number of carboxylic acid groups (broad SMARTS) is 1. The van der Waals surface area contributed by atoms with Gasteiger partial charge in [-0.2, -0.15) is 0 Å². The van der Waals surface area contributed by atoms with Gasteiger partial charge in [0, 0.05) is 17.8 Å². The zero-order chi connectivity index (χ0) is 19.6. The molecule has 1 unspecified atom stereocenters. The van der Waals surface area contributed by atoms with Gasteiger partial charge in [-0.25, -0.2) is 9.59 Å². The van der Waals surface area contributed by atoms with Crippen LogP contribution >= 0.6 is 0 Å². The predicted octanol–water partition coefficient (Wildman–Crippen LogP) is 1.76. The first-order valence-corrected chi connectivity index (χ1v) is 7.79. The molecule has 9 heteroatoms. The zero-order valence-electron chi connectivity index (χ0n) is 14.5. The van der Waals surface area contributed by atoms with Crippen LogP contribution in [0.2, 0.25) is 0 Å². The lowest BCUT2D eigenvalue weighted by atomic mass is 9.81. The van der Waals surface area contributed by atoms with Gasteiger partial charge in [-0.1, -0.05) is 12.1 Å². The Balaban J connectivity index is 2.68. The number of non-ortho nitro benzene ring substituents is 1. The molecule has 4 N–H and O–H groups in total. The number of esters is 1. The molecule has 0 spiro atoms. The number of hydrogen-bond acceptors (Lipinski definition) is 7. The number of carbonyl (C=O) groups is 2. The highest BCUT2D eigenvalue weighted by Gasteiger charge is 2.38. The largest absolute Gasteiger partial charge is 0.478 e. The first kappa shape index (κ1) is 19.0. The molecule has 1 aromatic carbocycles. The molecule has 1 aliphatic heterocycles. The molecule has 0 saturated carbocycles. The van der Waals surface area contributed by atoms with E-state index in [1.807, 2.05) is 0 Å². The van der Waals surface area contributed by atoms with Gasteiger partial charge in [-0.05, 0) is 26.3 Å². The SMILES string of the molecule is CC1=C(C(=O)O)C(c2cccc([N+](=O)[O-])c2)C(C(=O)OC(C)C)=C(N)N1. The minimum atomic E-state index is -1.27. The molecule has 2 rings (SSSR count). The summed E-state index contributed by atoms with van der Waals surface area (Å²) in [7, 11) is 0. The number of ether oxygens (including phenoxy) is 1. The van der Waals surface area contributed by atoms with Gasteiger partial charge in [0.1, 0.15) is 5.82 Å². The number of aliphatic carboxylic acids is 1. The van der Waals surface area contributed by atoms with Gasteiger partial charge in [0.25, 0.3) is 5.69 Å². The summed E-state index contributed by atoms with van der Waals surface area (Å²) in [5.41, 5.74) is 6.00. The summed E-state index contributed by atoms with van der Waals surface area (Å²) in [5.74, 6) is -3.20. The van der Waals surface area contributed by atoms with Crippen LogP contribution in [-0.2, 0) is 14.3 Å². The number of carboxylic acids is 1. The van der Waals surface area contributed by atoms with Gasteiger partial charge in [0.15, 0.2) is 0 Å². The van der Waals surface area contributed by atoms with Crippen molar-refractivity contribution in [2.75, 3.05) is 0 Å². The van der Waals surface area contributed by atoms with Crippen molar-refractivity contribution in [3.05, 3.63) is 62.6 Å². The lowest BCUT2D eigenvalue weighted by Gasteiger charge is -2.29. The van der Waals surface area contributed by atoms with Crippen LogP contribution in [-0.4, -0.2) is 28.1 Å². The highest BCUT2D eigenvalue weighted by atomic mass is 16.6. The summed E-state index contributed by atoms with van der Waals surface area (Å²) in [6, 6.07) is 5.43. The molecule has 0 fully saturated rings. The van der Waals surface area contributed by atoms with E-state index in [9.17, 15) is 24.8 Å². The van der Waals surface area contributed by atoms with E-state index >= 15 is 0 Å². The standard InChI is InChI=1S/C17H19N3O6/c1-8(2)26-17(23)14-13(10-5-4-6-11(7-10)20(24)25)12(16(21)22)9(3)19-15(14)18/h4-8,13,19H,18H2,1-3H3,(H,21,22). The Morgan fingerprint density at radius 1 is 1.35 bits per heavy atom. The third-order valence-electron chi connectivity index (χ3n) is 3.80. The quantitative estimate of drug-likeness (QED) is 0.409. The van der Waals surface area contributed by atoms with Crippen LogP contribution in [0.15, 0.2) is 46.9 Å². The Labute approximate surface area is 149 Å². The maximum atomic E-state index is 12.5. The summed E-state index contributed by atoms with van der Waals surface area (Å²) in [6.07, 6.45) is -0.450. The summed E-state index contributed by atoms with van der Waals surface area (Å²) in [6.45, 7) is 4.80. The third kappa shape index (κ3) is 3.66. The number of dihydropyridines is 1. The van der Waals surface area contributed by atoms with Crippen LogP contribution in [0.3, 0.4) is 0 Å². The first-order chi connectivity index (χ1) is 12.1. The number of nitro benzene ring substituents is 1. The van der Waals surface area contributed by atoms with Gasteiger partial charge < -0.3 is 20.9 Å². The van der Waals surface area contributed by atoms with Gasteiger partial charge in [0.05, 0.1) is 28.1 Å².